The first-order valence-electron chi connectivity index (χ1n) is 6.83. The molecule has 0 N–H and O–H groups in total. The van der Waals surface area contributed by atoms with Crippen LogP contribution in [0.2, 0.25) is 0 Å². The van der Waals surface area contributed by atoms with Gasteiger partial charge in [0.2, 0.25) is 11.7 Å². The van der Waals surface area contributed by atoms with Crippen LogP contribution < -0.4 is 0 Å². The Morgan fingerprint density at radius 1 is 1.24 bits per heavy atom. The van der Waals surface area contributed by atoms with Crippen molar-refractivity contribution < 1.29 is 4.52 Å². The number of pyridine rings is 1. The minimum atomic E-state index is 0.00339. The average molecular weight is 283 g/mol. The third kappa shape index (κ3) is 2.33. The molecule has 0 bridgehead atoms. The van der Waals surface area contributed by atoms with E-state index in [1.54, 1.807) is 6.20 Å². The highest BCUT2D eigenvalue weighted by atomic mass is 16.5. The van der Waals surface area contributed by atoms with Crippen LogP contribution in [-0.2, 0) is 7.05 Å². The van der Waals surface area contributed by atoms with Crippen molar-refractivity contribution in [2.24, 2.45) is 7.05 Å². The van der Waals surface area contributed by atoms with Gasteiger partial charge in [-0.05, 0) is 32.9 Å². The molecule has 0 spiro atoms. The molecule has 0 fully saturated rings. The van der Waals surface area contributed by atoms with E-state index < -0.39 is 0 Å². The molecule has 21 heavy (non-hydrogen) atoms. The lowest BCUT2D eigenvalue weighted by molar-refractivity contribution is 0.370. The zero-order chi connectivity index (χ0) is 15.0. The van der Waals surface area contributed by atoms with Crippen molar-refractivity contribution in [3.05, 3.63) is 47.2 Å². The highest BCUT2D eigenvalue weighted by molar-refractivity contribution is 5.47. The lowest BCUT2D eigenvalue weighted by Gasteiger charge is -2.07. The molecule has 0 aliphatic carbocycles. The van der Waals surface area contributed by atoms with E-state index in [1.807, 2.05) is 50.7 Å². The van der Waals surface area contributed by atoms with Gasteiger partial charge in [0.15, 0.2) is 0 Å². The molecule has 3 aromatic heterocycles. The molecule has 0 saturated carbocycles. The Morgan fingerprint density at radius 2 is 2.05 bits per heavy atom. The first-order chi connectivity index (χ1) is 10.1. The van der Waals surface area contributed by atoms with Gasteiger partial charge in [0, 0.05) is 24.5 Å². The Hall–Kier alpha value is -2.50. The molecular formula is C15H17N5O. The molecule has 0 aliphatic rings. The monoisotopic (exact) mass is 283 g/mol. The molecule has 3 heterocycles. The lowest BCUT2D eigenvalue weighted by atomic mass is 9.99. The number of hydrogen-bond donors (Lipinski definition) is 0. The summed E-state index contributed by atoms with van der Waals surface area (Å²) in [5.74, 6) is 1.09. The summed E-state index contributed by atoms with van der Waals surface area (Å²) in [5.41, 5.74) is 3.94. The lowest BCUT2D eigenvalue weighted by Crippen LogP contribution is -2.01. The normalized spacial score (nSPS) is 12.6. The van der Waals surface area contributed by atoms with Crippen molar-refractivity contribution in [3.63, 3.8) is 0 Å². The number of nitrogens with zero attached hydrogens (tertiary/aromatic N) is 5. The van der Waals surface area contributed by atoms with Crippen LogP contribution >= 0.6 is 0 Å². The van der Waals surface area contributed by atoms with Gasteiger partial charge >= 0.3 is 0 Å². The summed E-state index contributed by atoms with van der Waals surface area (Å²) in [6.07, 6.45) is 1.71. The van der Waals surface area contributed by atoms with Crippen LogP contribution in [0.3, 0.4) is 0 Å². The van der Waals surface area contributed by atoms with Crippen LogP contribution in [0.4, 0.5) is 0 Å². The number of aryl methyl sites for hydroxylation is 2. The summed E-state index contributed by atoms with van der Waals surface area (Å²) in [6, 6.07) is 5.62. The Bertz CT molecular complexity index is 760. The van der Waals surface area contributed by atoms with Crippen LogP contribution in [-0.4, -0.2) is 24.9 Å². The molecule has 3 rings (SSSR count). The molecule has 6 heteroatoms. The zero-order valence-corrected chi connectivity index (χ0v) is 12.5. The summed E-state index contributed by atoms with van der Waals surface area (Å²) in [6.45, 7) is 6.09. The highest BCUT2D eigenvalue weighted by Crippen LogP contribution is 2.29. The molecule has 0 amide bonds. The van der Waals surface area contributed by atoms with Gasteiger partial charge in [0.05, 0.1) is 11.6 Å². The molecule has 1 unspecified atom stereocenters. The van der Waals surface area contributed by atoms with Gasteiger partial charge < -0.3 is 4.52 Å². The van der Waals surface area contributed by atoms with Gasteiger partial charge in [0.25, 0.3) is 0 Å². The summed E-state index contributed by atoms with van der Waals surface area (Å²) >= 11 is 0. The van der Waals surface area contributed by atoms with Crippen molar-refractivity contribution in [1.82, 2.24) is 24.9 Å². The number of hydrogen-bond acceptors (Lipinski definition) is 5. The molecule has 0 saturated heterocycles. The first-order valence-corrected chi connectivity index (χ1v) is 6.83. The van der Waals surface area contributed by atoms with Gasteiger partial charge in [-0.2, -0.15) is 10.1 Å². The quantitative estimate of drug-likeness (QED) is 0.739. The largest absolute Gasteiger partial charge is 0.338 e. The maximum atomic E-state index is 5.42. The van der Waals surface area contributed by atoms with Crippen LogP contribution in [0.15, 0.2) is 28.9 Å². The van der Waals surface area contributed by atoms with Gasteiger partial charge in [0.1, 0.15) is 5.69 Å². The molecule has 0 aliphatic heterocycles. The Kier molecular flexibility index (Phi) is 3.29. The zero-order valence-electron chi connectivity index (χ0n) is 12.5. The van der Waals surface area contributed by atoms with Crippen molar-refractivity contribution in [2.75, 3.05) is 0 Å². The second-order valence-corrected chi connectivity index (χ2v) is 5.10. The minimum absolute atomic E-state index is 0.00339. The molecule has 1 atom stereocenters. The van der Waals surface area contributed by atoms with Crippen LogP contribution in [0.5, 0.6) is 0 Å². The van der Waals surface area contributed by atoms with Gasteiger partial charge in [-0.1, -0.05) is 11.2 Å². The van der Waals surface area contributed by atoms with E-state index in [0.29, 0.717) is 17.4 Å². The van der Waals surface area contributed by atoms with Crippen molar-refractivity contribution in [3.8, 4) is 11.5 Å². The third-order valence-electron chi connectivity index (χ3n) is 3.70. The molecule has 0 radical (unpaired) electrons. The van der Waals surface area contributed by atoms with E-state index in [0.717, 1.165) is 17.0 Å². The Labute approximate surface area is 122 Å². The second kappa shape index (κ2) is 5.12. The molecule has 6 nitrogen and oxygen atoms in total. The van der Waals surface area contributed by atoms with Gasteiger partial charge in [-0.25, -0.2) is 0 Å². The third-order valence-corrected chi connectivity index (χ3v) is 3.70. The first kappa shape index (κ1) is 13.5. The maximum absolute atomic E-state index is 5.42. The smallest absolute Gasteiger partial charge is 0.234 e. The number of aromatic nitrogens is 5. The molecule has 108 valence electrons. The van der Waals surface area contributed by atoms with Gasteiger partial charge in [-0.3, -0.25) is 9.67 Å². The highest BCUT2D eigenvalue weighted by Gasteiger charge is 2.23. The summed E-state index contributed by atoms with van der Waals surface area (Å²) in [4.78, 5) is 8.70. The van der Waals surface area contributed by atoms with E-state index in [9.17, 15) is 0 Å². The maximum Gasteiger partial charge on any atom is 0.234 e. The fourth-order valence-corrected chi connectivity index (χ4v) is 2.55. The Morgan fingerprint density at radius 3 is 2.67 bits per heavy atom. The predicted molar refractivity (Wildman–Crippen MR) is 77.7 cm³/mol. The van der Waals surface area contributed by atoms with E-state index >= 15 is 0 Å². The molecule has 3 aromatic rings. The summed E-state index contributed by atoms with van der Waals surface area (Å²) in [5, 5.41) is 8.46. The second-order valence-electron chi connectivity index (χ2n) is 5.10. The van der Waals surface area contributed by atoms with Gasteiger partial charge in [-0.15, -0.1) is 0 Å². The van der Waals surface area contributed by atoms with Crippen LogP contribution in [0, 0.1) is 13.8 Å². The van der Waals surface area contributed by atoms with E-state index in [-0.39, 0.29) is 5.92 Å². The molecular weight excluding hydrogens is 266 g/mol. The van der Waals surface area contributed by atoms with E-state index in [2.05, 4.69) is 20.2 Å². The van der Waals surface area contributed by atoms with E-state index in [1.165, 1.54) is 0 Å². The summed E-state index contributed by atoms with van der Waals surface area (Å²) < 4.78 is 7.29. The fraction of sp³-hybridized carbons (Fsp3) is 0.333. The summed E-state index contributed by atoms with van der Waals surface area (Å²) in [7, 11) is 1.94. The minimum Gasteiger partial charge on any atom is -0.338 e. The van der Waals surface area contributed by atoms with Crippen molar-refractivity contribution in [1.29, 1.82) is 0 Å². The van der Waals surface area contributed by atoms with Crippen molar-refractivity contribution in [2.45, 2.75) is 26.7 Å². The molecule has 0 aromatic carbocycles. The topological polar surface area (TPSA) is 69.6 Å². The van der Waals surface area contributed by atoms with Crippen molar-refractivity contribution >= 4 is 0 Å². The number of rotatable bonds is 3. The van der Waals surface area contributed by atoms with Crippen LogP contribution in [0.1, 0.15) is 35.7 Å². The van der Waals surface area contributed by atoms with E-state index in [4.69, 9.17) is 4.52 Å². The predicted octanol–water partition coefficient (Wildman–Crippen LogP) is 2.63. The fourth-order valence-electron chi connectivity index (χ4n) is 2.55. The van der Waals surface area contributed by atoms with Crippen LogP contribution in [0.25, 0.3) is 11.5 Å². The average Bonchev–Trinajstić information content (AvgIpc) is 3.06. The standard InChI is InChI=1S/C15H17N5O/c1-9(13-10(2)18-20(4)11(13)3)15-17-14(19-21-15)12-7-5-6-8-16-12/h5-9H,1-4H3. The Balaban J connectivity index is 1.96. The SMILES string of the molecule is Cc1nn(C)c(C)c1C(C)c1nc(-c2ccccn2)no1.